The van der Waals surface area contributed by atoms with Gasteiger partial charge in [0.15, 0.2) is 18.1 Å². The quantitative estimate of drug-likeness (QED) is 0.188. The number of nitrogens with one attached hydrogen (secondary N) is 1. The molecule has 0 spiro atoms. The SMILES string of the molecule is COc1cc(C(=O)Oc2ccc(/C=N\NC(=O)COc3c(C)ccc(C)c3C)cc2)cc(OC)c1OC. The van der Waals surface area contributed by atoms with Crippen LogP contribution in [0.2, 0.25) is 0 Å². The number of nitrogens with zero attached hydrogens (tertiary/aromatic N) is 1. The Morgan fingerprint density at radius 2 is 1.46 bits per heavy atom. The zero-order valence-electron chi connectivity index (χ0n) is 21.7. The highest BCUT2D eigenvalue weighted by Gasteiger charge is 2.18. The molecule has 0 heterocycles. The molecule has 3 aromatic rings. The topological polar surface area (TPSA) is 105 Å². The monoisotopic (exact) mass is 506 g/mol. The van der Waals surface area contributed by atoms with E-state index in [1.807, 2.05) is 32.9 Å². The summed E-state index contributed by atoms with van der Waals surface area (Å²) < 4.78 is 27.0. The summed E-state index contributed by atoms with van der Waals surface area (Å²) in [6.07, 6.45) is 1.48. The molecule has 0 radical (unpaired) electrons. The van der Waals surface area contributed by atoms with E-state index < -0.39 is 5.97 Å². The molecule has 0 aliphatic rings. The van der Waals surface area contributed by atoms with Gasteiger partial charge in [0.1, 0.15) is 11.5 Å². The van der Waals surface area contributed by atoms with Crippen LogP contribution in [0.1, 0.15) is 32.6 Å². The third-order valence-corrected chi connectivity index (χ3v) is 5.62. The van der Waals surface area contributed by atoms with Gasteiger partial charge in [0.05, 0.1) is 33.1 Å². The Labute approximate surface area is 216 Å². The first kappa shape index (κ1) is 27.1. The molecule has 194 valence electrons. The minimum Gasteiger partial charge on any atom is -0.493 e. The van der Waals surface area contributed by atoms with Crippen LogP contribution in [0, 0.1) is 20.8 Å². The van der Waals surface area contributed by atoms with Crippen LogP contribution in [0.25, 0.3) is 0 Å². The normalized spacial score (nSPS) is 10.6. The maximum atomic E-state index is 12.6. The predicted molar refractivity (Wildman–Crippen MR) is 139 cm³/mol. The fraction of sp³-hybridized carbons (Fsp3) is 0.250. The fourth-order valence-corrected chi connectivity index (χ4v) is 3.48. The molecule has 0 saturated heterocycles. The number of benzene rings is 3. The molecule has 1 N–H and O–H groups in total. The van der Waals surface area contributed by atoms with Gasteiger partial charge in [-0.25, -0.2) is 10.2 Å². The van der Waals surface area contributed by atoms with Crippen LogP contribution < -0.4 is 29.1 Å². The van der Waals surface area contributed by atoms with E-state index in [1.54, 1.807) is 24.3 Å². The zero-order chi connectivity index (χ0) is 26.9. The third-order valence-electron chi connectivity index (χ3n) is 5.62. The Morgan fingerprint density at radius 1 is 0.838 bits per heavy atom. The summed E-state index contributed by atoms with van der Waals surface area (Å²) in [7, 11) is 4.41. The molecule has 3 rings (SSSR count). The number of amides is 1. The second kappa shape index (κ2) is 12.4. The fourth-order valence-electron chi connectivity index (χ4n) is 3.48. The molecule has 0 bridgehead atoms. The highest BCUT2D eigenvalue weighted by atomic mass is 16.5. The van der Waals surface area contributed by atoms with E-state index in [-0.39, 0.29) is 18.1 Å². The van der Waals surface area contributed by atoms with Crippen LogP contribution in [0.4, 0.5) is 0 Å². The van der Waals surface area contributed by atoms with Gasteiger partial charge in [-0.15, -0.1) is 0 Å². The zero-order valence-corrected chi connectivity index (χ0v) is 21.7. The number of rotatable bonds is 10. The summed E-state index contributed by atoms with van der Waals surface area (Å²) in [6, 6.07) is 13.6. The van der Waals surface area contributed by atoms with Crippen molar-refractivity contribution in [1.82, 2.24) is 5.43 Å². The van der Waals surface area contributed by atoms with Crippen LogP contribution in [0.3, 0.4) is 0 Å². The average Bonchev–Trinajstić information content (AvgIpc) is 2.90. The van der Waals surface area contributed by atoms with E-state index in [4.69, 9.17) is 23.7 Å². The highest BCUT2D eigenvalue weighted by molar-refractivity contribution is 5.93. The van der Waals surface area contributed by atoms with Crippen LogP contribution in [0.5, 0.6) is 28.7 Å². The molecule has 0 aromatic heterocycles. The number of ether oxygens (including phenoxy) is 5. The minimum atomic E-state index is -0.591. The molecule has 0 saturated carbocycles. The molecule has 0 atom stereocenters. The standard InChI is InChI=1S/C28H30N2O7/c1-17-7-8-18(2)26(19(17)3)36-16-25(31)30-29-15-20-9-11-22(12-10-20)37-28(32)21-13-23(33-4)27(35-6)24(14-21)34-5/h7-15H,16H2,1-6H3,(H,30,31)/b29-15-. The molecule has 37 heavy (non-hydrogen) atoms. The molecular formula is C28H30N2O7. The second-order valence-electron chi connectivity index (χ2n) is 8.11. The largest absolute Gasteiger partial charge is 0.493 e. The van der Waals surface area contributed by atoms with Crippen molar-refractivity contribution in [2.45, 2.75) is 20.8 Å². The molecule has 0 unspecified atom stereocenters. The first-order chi connectivity index (χ1) is 17.8. The van der Waals surface area contributed by atoms with Gasteiger partial charge in [-0.1, -0.05) is 12.1 Å². The Hall–Kier alpha value is -4.53. The lowest BCUT2D eigenvalue weighted by Crippen LogP contribution is -2.25. The van der Waals surface area contributed by atoms with Crippen LogP contribution in [0.15, 0.2) is 53.6 Å². The van der Waals surface area contributed by atoms with Gasteiger partial charge >= 0.3 is 5.97 Å². The van der Waals surface area contributed by atoms with Crippen molar-refractivity contribution in [3.63, 3.8) is 0 Å². The Balaban J connectivity index is 1.56. The van der Waals surface area contributed by atoms with Crippen LogP contribution >= 0.6 is 0 Å². The highest BCUT2D eigenvalue weighted by Crippen LogP contribution is 2.38. The van der Waals surface area contributed by atoms with Crippen molar-refractivity contribution in [3.8, 4) is 28.7 Å². The molecule has 0 fully saturated rings. The van der Waals surface area contributed by atoms with Gasteiger partial charge in [0, 0.05) is 0 Å². The van der Waals surface area contributed by atoms with Gasteiger partial charge < -0.3 is 23.7 Å². The molecule has 0 aliphatic carbocycles. The van der Waals surface area contributed by atoms with Gasteiger partial charge in [0.25, 0.3) is 5.91 Å². The van der Waals surface area contributed by atoms with E-state index in [9.17, 15) is 9.59 Å². The summed E-state index contributed by atoms with van der Waals surface area (Å²) in [6.45, 7) is 5.73. The van der Waals surface area contributed by atoms with Crippen molar-refractivity contribution in [3.05, 3.63) is 76.3 Å². The summed E-state index contributed by atoms with van der Waals surface area (Å²) in [4.78, 5) is 24.8. The number of aryl methyl sites for hydroxylation is 2. The smallest absolute Gasteiger partial charge is 0.343 e. The lowest BCUT2D eigenvalue weighted by Gasteiger charge is -2.13. The van der Waals surface area contributed by atoms with Crippen molar-refractivity contribution in [2.75, 3.05) is 27.9 Å². The van der Waals surface area contributed by atoms with Gasteiger partial charge in [-0.3, -0.25) is 4.79 Å². The molecule has 9 heteroatoms. The van der Waals surface area contributed by atoms with Crippen LogP contribution in [-0.2, 0) is 4.79 Å². The number of hydrazone groups is 1. The van der Waals surface area contributed by atoms with Gasteiger partial charge in [-0.2, -0.15) is 5.10 Å². The number of methoxy groups -OCH3 is 3. The average molecular weight is 507 g/mol. The summed E-state index contributed by atoms with van der Waals surface area (Å²) in [5.41, 5.74) is 6.43. The van der Waals surface area contributed by atoms with E-state index in [1.165, 1.54) is 39.7 Å². The third kappa shape index (κ3) is 6.78. The molecule has 0 aliphatic heterocycles. The van der Waals surface area contributed by atoms with E-state index >= 15 is 0 Å². The molecule has 3 aromatic carbocycles. The number of esters is 1. The van der Waals surface area contributed by atoms with Crippen LogP contribution in [-0.4, -0.2) is 46.0 Å². The van der Waals surface area contributed by atoms with E-state index in [2.05, 4.69) is 10.5 Å². The summed E-state index contributed by atoms with van der Waals surface area (Å²) >= 11 is 0. The Bertz CT molecular complexity index is 1280. The predicted octanol–water partition coefficient (Wildman–Crippen LogP) is 4.39. The summed E-state index contributed by atoms with van der Waals surface area (Å²) in [5.74, 6) is 1.13. The number of hydrogen-bond acceptors (Lipinski definition) is 8. The van der Waals surface area contributed by atoms with E-state index in [0.29, 0.717) is 34.3 Å². The Morgan fingerprint density at radius 3 is 2.05 bits per heavy atom. The van der Waals surface area contributed by atoms with Crippen molar-refractivity contribution < 1.29 is 33.3 Å². The number of carbonyl (C=O) groups excluding carboxylic acids is 2. The first-order valence-corrected chi connectivity index (χ1v) is 11.4. The number of carbonyl (C=O) groups is 2. The van der Waals surface area contributed by atoms with Crippen molar-refractivity contribution >= 4 is 18.1 Å². The Kier molecular flexibility index (Phi) is 9.10. The molecule has 1 amide bonds. The maximum absolute atomic E-state index is 12.6. The molecular weight excluding hydrogens is 476 g/mol. The van der Waals surface area contributed by atoms with E-state index in [0.717, 1.165) is 16.7 Å². The van der Waals surface area contributed by atoms with Crippen molar-refractivity contribution in [2.24, 2.45) is 5.10 Å². The van der Waals surface area contributed by atoms with Gasteiger partial charge in [0.2, 0.25) is 5.75 Å². The lowest BCUT2D eigenvalue weighted by molar-refractivity contribution is -0.123. The van der Waals surface area contributed by atoms with Gasteiger partial charge in [-0.05, 0) is 79.4 Å². The minimum absolute atomic E-state index is 0.154. The first-order valence-electron chi connectivity index (χ1n) is 11.4. The van der Waals surface area contributed by atoms with Crippen molar-refractivity contribution in [1.29, 1.82) is 0 Å². The maximum Gasteiger partial charge on any atom is 0.343 e. The second-order valence-corrected chi connectivity index (χ2v) is 8.11. The summed E-state index contributed by atoms with van der Waals surface area (Å²) in [5, 5.41) is 3.96. The molecule has 9 nitrogen and oxygen atoms in total. The number of hydrogen-bond donors (Lipinski definition) is 1. The lowest BCUT2D eigenvalue weighted by atomic mass is 10.1.